The van der Waals surface area contributed by atoms with E-state index >= 15 is 0 Å². The Morgan fingerprint density at radius 3 is 2.85 bits per heavy atom. The molecule has 2 heterocycles. The second-order valence-electron chi connectivity index (χ2n) is 6.48. The molecular weight excluding hydrogens is 352 g/mol. The van der Waals surface area contributed by atoms with Gasteiger partial charge in [0.25, 0.3) is 0 Å². The van der Waals surface area contributed by atoms with Crippen LogP contribution in [-0.4, -0.2) is 47.4 Å². The first-order valence-electron chi connectivity index (χ1n) is 9.37. The van der Waals surface area contributed by atoms with Crippen molar-refractivity contribution >= 4 is 24.2 Å². The third-order valence-electron chi connectivity index (χ3n) is 4.53. The summed E-state index contributed by atoms with van der Waals surface area (Å²) in [6, 6.07) is 6.05. The Morgan fingerprint density at radius 2 is 2.12 bits per heavy atom. The van der Waals surface area contributed by atoms with Crippen LogP contribution >= 0.6 is 12.4 Å². The molecule has 1 unspecified atom stereocenters. The van der Waals surface area contributed by atoms with Gasteiger partial charge in [0.1, 0.15) is 0 Å². The summed E-state index contributed by atoms with van der Waals surface area (Å²) in [4.78, 5) is 30.8. The molecule has 2 N–H and O–H groups in total. The van der Waals surface area contributed by atoms with Gasteiger partial charge in [-0.15, -0.1) is 12.4 Å². The second-order valence-corrected chi connectivity index (χ2v) is 6.48. The molecule has 1 aromatic heterocycles. The third-order valence-corrected chi connectivity index (χ3v) is 4.53. The van der Waals surface area contributed by atoms with Crippen LogP contribution in [0, 0.1) is 0 Å². The molecule has 1 fully saturated rings. The van der Waals surface area contributed by atoms with Crippen molar-refractivity contribution in [3.63, 3.8) is 0 Å². The minimum Gasteiger partial charge on any atom is -0.356 e. The Balaban J connectivity index is 0.00000338. The van der Waals surface area contributed by atoms with Crippen molar-refractivity contribution in [2.24, 2.45) is 0 Å². The lowest BCUT2D eigenvalue weighted by atomic mass is 10.1. The number of halogens is 1. The number of amides is 2. The van der Waals surface area contributed by atoms with Crippen LogP contribution in [0.1, 0.15) is 51.1 Å². The number of carbonyl (C=O) groups excluding carboxylic acids is 2. The molecule has 0 aromatic carbocycles. The van der Waals surface area contributed by atoms with E-state index in [1.165, 1.54) is 0 Å². The summed E-state index contributed by atoms with van der Waals surface area (Å²) in [5.74, 6) is 0.145. The smallest absolute Gasteiger partial charge is 0.223 e. The van der Waals surface area contributed by atoms with Crippen LogP contribution in [-0.2, 0) is 16.1 Å². The predicted octanol–water partition coefficient (Wildman–Crippen LogP) is 2.28. The summed E-state index contributed by atoms with van der Waals surface area (Å²) in [7, 11) is 0. The molecule has 2 amide bonds. The van der Waals surface area contributed by atoms with Gasteiger partial charge in [-0.05, 0) is 57.8 Å². The monoisotopic (exact) mass is 382 g/mol. The highest BCUT2D eigenvalue weighted by atomic mass is 35.5. The van der Waals surface area contributed by atoms with Crippen LogP contribution in [0.3, 0.4) is 0 Å². The molecule has 1 aromatic rings. The first-order valence-corrected chi connectivity index (χ1v) is 9.37. The van der Waals surface area contributed by atoms with Crippen molar-refractivity contribution in [3.8, 4) is 0 Å². The lowest BCUT2D eigenvalue weighted by Gasteiger charge is -2.31. The topological polar surface area (TPSA) is 74.3 Å². The molecule has 0 bridgehead atoms. The molecule has 0 radical (unpaired) electrons. The Morgan fingerprint density at radius 1 is 1.27 bits per heavy atom. The Kier molecular flexibility index (Phi) is 10.9. The zero-order chi connectivity index (χ0) is 17.9. The number of hydrogen-bond donors (Lipinski definition) is 2. The van der Waals surface area contributed by atoms with Crippen molar-refractivity contribution in [2.45, 2.75) is 58.0 Å². The molecule has 0 saturated carbocycles. The minimum absolute atomic E-state index is 0. The van der Waals surface area contributed by atoms with Gasteiger partial charge in [-0.1, -0.05) is 6.07 Å². The molecule has 7 heteroatoms. The first-order chi connectivity index (χ1) is 12.2. The average molecular weight is 383 g/mol. The minimum atomic E-state index is 0. The normalized spacial score (nSPS) is 16.9. The van der Waals surface area contributed by atoms with Crippen LogP contribution in [0.5, 0.6) is 0 Å². The lowest BCUT2D eigenvalue weighted by molar-refractivity contribution is -0.134. The SMILES string of the molecule is CCNC(=O)CCCC(=O)N(Cc1ccccn1)C1CCCNCC1.Cl. The van der Waals surface area contributed by atoms with E-state index in [2.05, 4.69) is 15.6 Å². The first kappa shape index (κ1) is 22.4. The molecule has 6 nitrogen and oxygen atoms in total. The standard InChI is InChI=1S/C19H30N4O2.ClH/c1-2-21-18(24)9-5-10-19(25)23(15-16-7-3-4-13-22-16)17-8-6-12-20-14-11-17;/h3-4,7,13,17,20H,2,5-6,8-12,14-15H2,1H3,(H,21,24);1H. The van der Waals surface area contributed by atoms with E-state index < -0.39 is 0 Å². The number of rotatable bonds is 8. The molecule has 26 heavy (non-hydrogen) atoms. The lowest BCUT2D eigenvalue weighted by Crippen LogP contribution is -2.40. The maximum atomic E-state index is 12.8. The van der Waals surface area contributed by atoms with E-state index in [1.54, 1.807) is 6.20 Å². The van der Waals surface area contributed by atoms with Gasteiger partial charge < -0.3 is 15.5 Å². The van der Waals surface area contributed by atoms with Gasteiger partial charge in [-0.2, -0.15) is 0 Å². The zero-order valence-electron chi connectivity index (χ0n) is 15.6. The second kappa shape index (κ2) is 12.7. The van der Waals surface area contributed by atoms with Gasteiger partial charge in [-0.3, -0.25) is 14.6 Å². The summed E-state index contributed by atoms with van der Waals surface area (Å²) < 4.78 is 0. The van der Waals surface area contributed by atoms with Gasteiger partial charge in [0.2, 0.25) is 11.8 Å². The highest BCUT2D eigenvalue weighted by molar-refractivity contribution is 5.85. The Hall–Kier alpha value is -1.66. The predicted molar refractivity (Wildman–Crippen MR) is 105 cm³/mol. The molecule has 146 valence electrons. The van der Waals surface area contributed by atoms with Gasteiger partial charge in [0.15, 0.2) is 0 Å². The highest BCUT2D eigenvalue weighted by Crippen LogP contribution is 2.18. The average Bonchev–Trinajstić information content (AvgIpc) is 2.90. The van der Waals surface area contributed by atoms with Crippen LogP contribution in [0.4, 0.5) is 0 Å². The van der Waals surface area contributed by atoms with Crippen molar-refractivity contribution in [1.29, 1.82) is 0 Å². The number of hydrogen-bond acceptors (Lipinski definition) is 4. The van der Waals surface area contributed by atoms with Gasteiger partial charge in [0.05, 0.1) is 12.2 Å². The molecular formula is C19H31ClN4O2. The number of pyridine rings is 1. The van der Waals surface area contributed by atoms with Crippen LogP contribution < -0.4 is 10.6 Å². The molecule has 1 atom stereocenters. The van der Waals surface area contributed by atoms with E-state index in [9.17, 15) is 9.59 Å². The summed E-state index contributed by atoms with van der Waals surface area (Å²) in [6.45, 7) is 5.03. The maximum Gasteiger partial charge on any atom is 0.223 e. The van der Waals surface area contributed by atoms with E-state index in [4.69, 9.17) is 0 Å². The molecule has 0 aliphatic carbocycles. The highest BCUT2D eigenvalue weighted by Gasteiger charge is 2.24. The van der Waals surface area contributed by atoms with Gasteiger partial charge in [-0.25, -0.2) is 0 Å². The summed E-state index contributed by atoms with van der Waals surface area (Å²) in [6.07, 6.45) is 6.24. The Labute approximate surface area is 162 Å². The molecule has 0 spiro atoms. The fourth-order valence-electron chi connectivity index (χ4n) is 3.23. The number of carbonyl (C=O) groups is 2. The van der Waals surface area contributed by atoms with E-state index in [0.29, 0.717) is 32.4 Å². The molecule has 1 saturated heterocycles. The summed E-state index contributed by atoms with van der Waals surface area (Å²) >= 11 is 0. The quantitative estimate of drug-likeness (QED) is 0.723. The molecule has 1 aliphatic rings. The summed E-state index contributed by atoms with van der Waals surface area (Å²) in [5.41, 5.74) is 0.914. The van der Waals surface area contributed by atoms with E-state index in [-0.39, 0.29) is 30.3 Å². The fourth-order valence-corrected chi connectivity index (χ4v) is 3.23. The van der Waals surface area contributed by atoms with Crippen LogP contribution in [0.15, 0.2) is 24.4 Å². The van der Waals surface area contributed by atoms with E-state index in [1.807, 2.05) is 30.0 Å². The number of nitrogens with one attached hydrogen (secondary N) is 2. The fraction of sp³-hybridized carbons (Fsp3) is 0.632. The number of aromatic nitrogens is 1. The summed E-state index contributed by atoms with van der Waals surface area (Å²) in [5, 5.41) is 6.18. The third kappa shape index (κ3) is 7.70. The van der Waals surface area contributed by atoms with Crippen molar-refractivity contribution in [3.05, 3.63) is 30.1 Å². The largest absolute Gasteiger partial charge is 0.356 e. The van der Waals surface area contributed by atoms with E-state index in [0.717, 1.165) is 38.0 Å². The zero-order valence-corrected chi connectivity index (χ0v) is 16.4. The van der Waals surface area contributed by atoms with Crippen molar-refractivity contribution in [2.75, 3.05) is 19.6 Å². The van der Waals surface area contributed by atoms with Gasteiger partial charge >= 0.3 is 0 Å². The van der Waals surface area contributed by atoms with Crippen LogP contribution in [0.25, 0.3) is 0 Å². The van der Waals surface area contributed by atoms with Crippen molar-refractivity contribution in [1.82, 2.24) is 20.5 Å². The van der Waals surface area contributed by atoms with Gasteiger partial charge in [0, 0.05) is 31.6 Å². The number of nitrogens with zero attached hydrogens (tertiary/aromatic N) is 2. The molecule has 2 rings (SSSR count). The molecule has 1 aliphatic heterocycles. The Bertz CT molecular complexity index is 534. The van der Waals surface area contributed by atoms with Crippen LogP contribution in [0.2, 0.25) is 0 Å². The maximum absolute atomic E-state index is 12.8. The van der Waals surface area contributed by atoms with Crippen molar-refractivity contribution < 1.29 is 9.59 Å².